The molecule has 0 spiro atoms. The number of ether oxygens (including phenoxy) is 1. The second kappa shape index (κ2) is 6.09. The summed E-state index contributed by atoms with van der Waals surface area (Å²) in [5.41, 5.74) is 2.19. The van der Waals surface area contributed by atoms with Crippen LogP contribution in [0.4, 0.5) is 0 Å². The highest BCUT2D eigenvalue weighted by Gasteiger charge is 2.08. The topological polar surface area (TPSA) is 9.23 Å². The van der Waals surface area contributed by atoms with Crippen LogP contribution in [-0.4, -0.2) is 0 Å². The Kier molecular flexibility index (Phi) is 4.71. The van der Waals surface area contributed by atoms with E-state index in [1.807, 2.05) is 43.3 Å². The van der Waals surface area contributed by atoms with Crippen molar-refractivity contribution in [1.29, 1.82) is 0 Å². The number of halogens is 3. The van der Waals surface area contributed by atoms with E-state index in [1.54, 1.807) is 0 Å². The van der Waals surface area contributed by atoms with E-state index in [2.05, 4.69) is 31.9 Å². The first kappa shape index (κ1) is 13.9. The minimum Gasteiger partial charge on any atom is -0.455 e. The van der Waals surface area contributed by atoms with E-state index in [0.29, 0.717) is 10.8 Å². The highest BCUT2D eigenvalue weighted by atomic mass is 79.9. The highest BCUT2D eigenvalue weighted by molar-refractivity contribution is 9.10. The standard InChI is InChI=1S/C14H11Br2ClO/c1-9-2-4-12(17)14(6-9)18-13-5-3-11(16)7-10(13)8-15/h2-7H,8H2,1H3. The van der Waals surface area contributed by atoms with Crippen LogP contribution in [-0.2, 0) is 5.33 Å². The Morgan fingerprint density at radius 1 is 1.11 bits per heavy atom. The summed E-state index contributed by atoms with van der Waals surface area (Å²) in [6.07, 6.45) is 0. The minimum absolute atomic E-state index is 0.615. The third kappa shape index (κ3) is 3.28. The van der Waals surface area contributed by atoms with Gasteiger partial charge in [-0.05, 0) is 42.8 Å². The molecule has 1 nitrogen and oxygen atoms in total. The number of hydrogen-bond donors (Lipinski definition) is 0. The van der Waals surface area contributed by atoms with Crippen LogP contribution in [0.25, 0.3) is 0 Å². The molecule has 0 amide bonds. The maximum absolute atomic E-state index is 6.13. The first-order valence-corrected chi connectivity index (χ1v) is 7.68. The maximum atomic E-state index is 6.13. The van der Waals surface area contributed by atoms with Crippen LogP contribution >= 0.6 is 43.5 Å². The summed E-state index contributed by atoms with van der Waals surface area (Å²) in [6.45, 7) is 2.01. The summed E-state index contributed by atoms with van der Waals surface area (Å²) < 4.78 is 6.91. The van der Waals surface area contributed by atoms with Crippen molar-refractivity contribution in [2.24, 2.45) is 0 Å². The highest BCUT2D eigenvalue weighted by Crippen LogP contribution is 2.33. The zero-order chi connectivity index (χ0) is 13.1. The quantitative estimate of drug-likeness (QED) is 0.576. The largest absolute Gasteiger partial charge is 0.455 e. The molecule has 0 saturated heterocycles. The third-order valence-electron chi connectivity index (χ3n) is 2.47. The van der Waals surface area contributed by atoms with Crippen molar-refractivity contribution in [3.05, 3.63) is 57.0 Å². The number of rotatable bonds is 3. The van der Waals surface area contributed by atoms with Gasteiger partial charge in [-0.2, -0.15) is 0 Å². The number of alkyl halides is 1. The fraction of sp³-hybridized carbons (Fsp3) is 0.143. The molecule has 0 atom stereocenters. The fourth-order valence-electron chi connectivity index (χ4n) is 1.56. The van der Waals surface area contributed by atoms with E-state index in [4.69, 9.17) is 16.3 Å². The van der Waals surface area contributed by atoms with E-state index < -0.39 is 0 Å². The molecule has 2 rings (SSSR count). The van der Waals surface area contributed by atoms with Crippen molar-refractivity contribution in [2.45, 2.75) is 12.3 Å². The molecular formula is C14H11Br2ClO. The normalized spacial score (nSPS) is 10.4. The summed E-state index contributed by atoms with van der Waals surface area (Å²) in [4.78, 5) is 0. The van der Waals surface area contributed by atoms with Crippen molar-refractivity contribution >= 4 is 43.5 Å². The van der Waals surface area contributed by atoms with Crippen molar-refractivity contribution in [3.8, 4) is 11.5 Å². The monoisotopic (exact) mass is 388 g/mol. The van der Waals surface area contributed by atoms with Crippen molar-refractivity contribution < 1.29 is 4.74 Å². The Morgan fingerprint density at radius 2 is 1.89 bits per heavy atom. The van der Waals surface area contributed by atoms with E-state index in [-0.39, 0.29) is 0 Å². The van der Waals surface area contributed by atoms with Gasteiger partial charge in [-0.1, -0.05) is 49.5 Å². The average molecular weight is 391 g/mol. The summed E-state index contributed by atoms with van der Waals surface area (Å²) in [6, 6.07) is 11.6. The van der Waals surface area contributed by atoms with Gasteiger partial charge < -0.3 is 4.74 Å². The lowest BCUT2D eigenvalue weighted by Gasteiger charge is -2.12. The molecule has 0 aliphatic heterocycles. The molecule has 4 heteroatoms. The molecule has 2 aromatic rings. The van der Waals surface area contributed by atoms with Gasteiger partial charge in [0.1, 0.15) is 11.5 Å². The van der Waals surface area contributed by atoms with Crippen LogP contribution < -0.4 is 4.74 Å². The molecule has 0 unspecified atom stereocenters. The Labute approximate surface area is 128 Å². The number of hydrogen-bond acceptors (Lipinski definition) is 1. The average Bonchev–Trinajstić information content (AvgIpc) is 2.36. The van der Waals surface area contributed by atoms with Gasteiger partial charge in [-0.15, -0.1) is 0 Å². The molecular weight excluding hydrogens is 379 g/mol. The molecule has 18 heavy (non-hydrogen) atoms. The minimum atomic E-state index is 0.615. The maximum Gasteiger partial charge on any atom is 0.146 e. The molecule has 2 aromatic carbocycles. The first-order chi connectivity index (χ1) is 8.60. The molecule has 0 N–H and O–H groups in total. The van der Waals surface area contributed by atoms with Gasteiger partial charge in [0.2, 0.25) is 0 Å². The van der Waals surface area contributed by atoms with Crippen molar-refractivity contribution in [1.82, 2.24) is 0 Å². The van der Waals surface area contributed by atoms with Crippen LogP contribution in [0.15, 0.2) is 40.9 Å². The molecule has 0 heterocycles. The van der Waals surface area contributed by atoms with Crippen LogP contribution in [0, 0.1) is 6.92 Å². The molecule has 0 radical (unpaired) electrons. The van der Waals surface area contributed by atoms with Gasteiger partial charge in [0, 0.05) is 15.4 Å². The second-order valence-electron chi connectivity index (χ2n) is 3.92. The van der Waals surface area contributed by atoms with Gasteiger partial charge in [0.25, 0.3) is 0 Å². The van der Waals surface area contributed by atoms with Crippen molar-refractivity contribution in [3.63, 3.8) is 0 Å². The lowest BCUT2D eigenvalue weighted by Crippen LogP contribution is -1.91. The van der Waals surface area contributed by atoms with Crippen LogP contribution in [0.2, 0.25) is 5.02 Å². The zero-order valence-corrected chi connectivity index (χ0v) is 13.6. The molecule has 94 valence electrons. The Balaban J connectivity index is 2.36. The molecule has 0 fully saturated rings. The first-order valence-electron chi connectivity index (χ1n) is 5.38. The lowest BCUT2D eigenvalue weighted by atomic mass is 10.2. The van der Waals surface area contributed by atoms with Crippen molar-refractivity contribution in [2.75, 3.05) is 0 Å². The molecule has 0 bridgehead atoms. The predicted octanol–water partition coefficient (Wildman–Crippen LogP) is 6.10. The molecule has 0 aromatic heterocycles. The van der Waals surface area contributed by atoms with Gasteiger partial charge in [-0.3, -0.25) is 0 Å². The van der Waals surface area contributed by atoms with Crippen LogP contribution in [0.1, 0.15) is 11.1 Å². The Morgan fingerprint density at radius 3 is 2.61 bits per heavy atom. The van der Waals surface area contributed by atoms with Crippen LogP contribution in [0.5, 0.6) is 11.5 Å². The van der Waals surface area contributed by atoms with E-state index >= 15 is 0 Å². The molecule has 0 saturated carbocycles. The number of benzene rings is 2. The summed E-state index contributed by atoms with van der Waals surface area (Å²) in [7, 11) is 0. The van der Waals surface area contributed by atoms with E-state index in [1.165, 1.54) is 0 Å². The number of aryl methyl sites for hydroxylation is 1. The Bertz CT molecular complexity index is 570. The van der Waals surface area contributed by atoms with E-state index in [0.717, 1.165) is 26.7 Å². The van der Waals surface area contributed by atoms with Gasteiger partial charge in [0.05, 0.1) is 5.02 Å². The van der Waals surface area contributed by atoms with Crippen LogP contribution in [0.3, 0.4) is 0 Å². The fourth-order valence-corrected chi connectivity index (χ4v) is 2.56. The summed E-state index contributed by atoms with van der Waals surface area (Å²) in [5, 5.41) is 1.34. The SMILES string of the molecule is Cc1ccc(Cl)c(Oc2ccc(Br)cc2CBr)c1. The summed E-state index contributed by atoms with van der Waals surface area (Å²) in [5.74, 6) is 1.49. The zero-order valence-electron chi connectivity index (χ0n) is 9.71. The molecule has 0 aliphatic carbocycles. The Hall–Kier alpha value is -0.510. The molecule has 0 aliphatic rings. The smallest absolute Gasteiger partial charge is 0.146 e. The van der Waals surface area contributed by atoms with Gasteiger partial charge in [-0.25, -0.2) is 0 Å². The van der Waals surface area contributed by atoms with Gasteiger partial charge in [0.15, 0.2) is 0 Å². The third-order valence-corrected chi connectivity index (χ3v) is 3.88. The second-order valence-corrected chi connectivity index (χ2v) is 5.81. The summed E-state index contributed by atoms with van der Waals surface area (Å²) >= 11 is 13.0. The predicted molar refractivity (Wildman–Crippen MR) is 83.0 cm³/mol. The lowest BCUT2D eigenvalue weighted by molar-refractivity contribution is 0.478. The van der Waals surface area contributed by atoms with Gasteiger partial charge >= 0.3 is 0 Å². The van der Waals surface area contributed by atoms with E-state index in [9.17, 15) is 0 Å².